The Morgan fingerprint density at radius 2 is 1.90 bits per heavy atom. The Kier molecular flexibility index (Phi) is 2.45. The average molecular weight is 155 g/mol. The summed E-state index contributed by atoms with van der Waals surface area (Å²) in [5, 5.41) is 0. The molecule has 0 fully saturated rings. The van der Waals surface area contributed by atoms with Gasteiger partial charge in [0.2, 0.25) is 0 Å². The number of hydrogen-bond acceptors (Lipinski definition) is 2. The summed E-state index contributed by atoms with van der Waals surface area (Å²) in [5.74, 6) is 0.129. The van der Waals surface area contributed by atoms with Crippen LogP contribution in [0.15, 0.2) is 24.3 Å². The van der Waals surface area contributed by atoms with Gasteiger partial charge in [-0.05, 0) is 11.6 Å². The van der Waals surface area contributed by atoms with Gasteiger partial charge in [0.25, 0.3) is 0 Å². The van der Waals surface area contributed by atoms with Crippen LogP contribution in [0.4, 0.5) is 0 Å². The van der Waals surface area contributed by atoms with E-state index < -0.39 is 10.7 Å². The van der Waals surface area contributed by atoms with Gasteiger partial charge in [-0.1, -0.05) is 24.3 Å². The first-order chi connectivity index (χ1) is 4.79. The van der Waals surface area contributed by atoms with Gasteiger partial charge in [-0.25, -0.2) is 8.42 Å². The van der Waals surface area contributed by atoms with Crippen molar-refractivity contribution in [2.45, 2.75) is 5.75 Å². The van der Waals surface area contributed by atoms with Gasteiger partial charge >= 0.3 is 0 Å². The van der Waals surface area contributed by atoms with Crippen molar-refractivity contribution < 1.29 is 8.42 Å². The number of benzene rings is 1. The molecule has 1 aromatic carbocycles. The summed E-state index contributed by atoms with van der Waals surface area (Å²) in [6, 6.07) is 9.70. The average Bonchev–Trinajstić information content (AvgIpc) is 1.88. The molecule has 1 rings (SSSR count). The first-order valence-corrected chi connectivity index (χ1v) is 4.22. The first kappa shape index (κ1) is 7.28. The highest BCUT2D eigenvalue weighted by Crippen LogP contribution is 1.97. The van der Waals surface area contributed by atoms with Gasteiger partial charge in [-0.15, -0.1) is 0 Å². The van der Waals surface area contributed by atoms with E-state index in [9.17, 15) is 8.42 Å². The molecule has 0 bridgehead atoms. The van der Waals surface area contributed by atoms with Crippen LogP contribution in [0.2, 0.25) is 0 Å². The largest absolute Gasteiger partial charge is 0.232 e. The van der Waals surface area contributed by atoms with Crippen molar-refractivity contribution in [1.82, 2.24) is 0 Å². The fourth-order valence-corrected chi connectivity index (χ4v) is 1.18. The minimum absolute atomic E-state index is 0.129. The van der Waals surface area contributed by atoms with Crippen molar-refractivity contribution in [3.05, 3.63) is 35.9 Å². The minimum Gasteiger partial charge on any atom is -0.232 e. The zero-order valence-electron chi connectivity index (χ0n) is 5.28. The Bertz CT molecular complexity index is 256. The van der Waals surface area contributed by atoms with Crippen LogP contribution in [-0.4, -0.2) is 8.42 Å². The lowest BCUT2D eigenvalue weighted by Crippen LogP contribution is -1.84. The van der Waals surface area contributed by atoms with Crippen LogP contribution in [0.25, 0.3) is 0 Å². The quantitative estimate of drug-likeness (QED) is 0.634. The number of hydrogen-bond donors (Lipinski definition) is 1. The lowest BCUT2D eigenvalue weighted by atomic mass is 10.2. The van der Waals surface area contributed by atoms with E-state index in [-0.39, 0.29) is 5.75 Å². The van der Waals surface area contributed by atoms with Gasteiger partial charge in [-0.2, -0.15) is 0 Å². The van der Waals surface area contributed by atoms with Crippen molar-refractivity contribution >= 4 is 10.7 Å². The summed E-state index contributed by atoms with van der Waals surface area (Å²) in [4.78, 5) is 0. The molecule has 53 valence electrons. The monoisotopic (exact) mass is 155 g/mol. The molecule has 0 aliphatic rings. The molecule has 3 heteroatoms. The number of rotatable bonds is 2. The fraction of sp³-hybridized carbons (Fsp3) is 0.143. The maximum absolute atomic E-state index is 10.2. The van der Waals surface area contributed by atoms with Gasteiger partial charge in [-0.3, -0.25) is 0 Å². The third-order valence-electron chi connectivity index (χ3n) is 1.10. The molecule has 0 saturated carbocycles. The molecule has 0 spiro atoms. The highest BCUT2D eigenvalue weighted by molar-refractivity contribution is 7.71. The molecule has 0 N–H and O–H groups in total. The summed E-state index contributed by atoms with van der Waals surface area (Å²) in [5.41, 5.74) is 0.815. The zero-order chi connectivity index (χ0) is 7.40. The van der Waals surface area contributed by atoms with Crippen molar-refractivity contribution in [1.29, 1.82) is 0 Å². The Labute approximate surface area is 61.5 Å². The summed E-state index contributed by atoms with van der Waals surface area (Å²) in [7, 11) is -2.29. The molecular formula is C7H7O2S. The lowest BCUT2D eigenvalue weighted by molar-refractivity contribution is 0.614. The Morgan fingerprint density at radius 3 is 2.40 bits per heavy atom. The van der Waals surface area contributed by atoms with E-state index in [1.165, 1.54) is 0 Å². The molecule has 10 heavy (non-hydrogen) atoms. The lowest BCUT2D eigenvalue weighted by Gasteiger charge is -1.89. The fourth-order valence-electron chi connectivity index (χ4n) is 0.676. The molecule has 0 amide bonds. The van der Waals surface area contributed by atoms with E-state index >= 15 is 0 Å². The van der Waals surface area contributed by atoms with Crippen LogP contribution in [-0.2, 0) is 16.5 Å². The highest BCUT2D eigenvalue weighted by Gasteiger charge is 1.89. The molecule has 0 heterocycles. The summed E-state index contributed by atoms with van der Waals surface area (Å²) in [6.07, 6.45) is 0. The van der Waals surface area contributed by atoms with Crippen LogP contribution >= 0.6 is 0 Å². The van der Waals surface area contributed by atoms with E-state index in [4.69, 9.17) is 0 Å². The van der Waals surface area contributed by atoms with Crippen molar-refractivity contribution in [3.8, 4) is 0 Å². The Hall–Kier alpha value is -0.830. The summed E-state index contributed by atoms with van der Waals surface area (Å²) < 4.78 is 20.4. The third-order valence-corrected chi connectivity index (χ3v) is 1.72. The minimum atomic E-state index is -2.29. The molecule has 2 nitrogen and oxygen atoms in total. The molecule has 0 aliphatic carbocycles. The van der Waals surface area contributed by atoms with E-state index in [2.05, 4.69) is 6.07 Å². The van der Waals surface area contributed by atoms with Crippen molar-refractivity contribution in [2.75, 3.05) is 0 Å². The van der Waals surface area contributed by atoms with Crippen LogP contribution in [0.1, 0.15) is 5.56 Å². The molecule has 0 saturated heterocycles. The standard InChI is InChI=1S/C7H7O2S/c8-10(9)6-7-4-2-1-3-5-7/h2-5,10H,6H2. The Balaban J connectivity index is 2.77. The second-order valence-corrected chi connectivity index (χ2v) is 2.88. The normalized spacial score (nSPS) is 10.1. The molecular weight excluding hydrogens is 148 g/mol. The predicted octanol–water partition coefficient (Wildman–Crippen LogP) is 0.598. The van der Waals surface area contributed by atoms with Gasteiger partial charge in [0, 0.05) is 0 Å². The molecule has 0 aliphatic heterocycles. The van der Waals surface area contributed by atoms with Crippen LogP contribution in [0.3, 0.4) is 0 Å². The van der Waals surface area contributed by atoms with Crippen LogP contribution in [0.5, 0.6) is 0 Å². The topological polar surface area (TPSA) is 34.1 Å². The van der Waals surface area contributed by atoms with E-state index in [0.29, 0.717) is 0 Å². The highest BCUT2D eigenvalue weighted by atomic mass is 32.2. The molecule has 1 radical (unpaired) electrons. The first-order valence-electron chi connectivity index (χ1n) is 2.86. The molecule has 0 aromatic heterocycles. The Morgan fingerprint density at radius 1 is 1.30 bits per heavy atom. The maximum Gasteiger partial charge on any atom is 0.144 e. The second kappa shape index (κ2) is 3.37. The van der Waals surface area contributed by atoms with Crippen LogP contribution in [0, 0.1) is 6.07 Å². The third kappa shape index (κ3) is 2.19. The maximum atomic E-state index is 10.2. The molecule has 1 aromatic rings. The van der Waals surface area contributed by atoms with Crippen LogP contribution < -0.4 is 0 Å². The van der Waals surface area contributed by atoms with E-state index in [1.54, 1.807) is 24.3 Å². The predicted molar refractivity (Wildman–Crippen MR) is 39.3 cm³/mol. The van der Waals surface area contributed by atoms with E-state index in [1.807, 2.05) is 0 Å². The van der Waals surface area contributed by atoms with Gasteiger partial charge < -0.3 is 0 Å². The van der Waals surface area contributed by atoms with Gasteiger partial charge in [0.05, 0.1) is 5.75 Å². The molecule has 0 atom stereocenters. The zero-order valence-corrected chi connectivity index (χ0v) is 6.17. The SMILES string of the molecule is O=[SH](=O)Cc1cc[c]cc1. The summed E-state index contributed by atoms with van der Waals surface area (Å²) >= 11 is 0. The summed E-state index contributed by atoms with van der Waals surface area (Å²) in [6.45, 7) is 0. The smallest absolute Gasteiger partial charge is 0.144 e. The van der Waals surface area contributed by atoms with E-state index in [0.717, 1.165) is 5.56 Å². The van der Waals surface area contributed by atoms with Gasteiger partial charge in [0.15, 0.2) is 0 Å². The second-order valence-electron chi connectivity index (χ2n) is 1.90. The molecule has 0 unspecified atom stereocenters. The van der Waals surface area contributed by atoms with Crippen molar-refractivity contribution in [3.63, 3.8) is 0 Å². The van der Waals surface area contributed by atoms with Gasteiger partial charge in [0.1, 0.15) is 10.7 Å². The number of thiol groups is 1. The van der Waals surface area contributed by atoms with Crippen molar-refractivity contribution in [2.24, 2.45) is 0 Å².